The van der Waals surface area contributed by atoms with Crippen LogP contribution in [0.25, 0.3) is 0 Å². The van der Waals surface area contributed by atoms with E-state index < -0.39 is 10.0 Å². The molecule has 2 heterocycles. The first-order valence-electron chi connectivity index (χ1n) is 8.83. The van der Waals surface area contributed by atoms with Gasteiger partial charge in [-0.25, -0.2) is 18.1 Å². The molecule has 1 saturated heterocycles. The van der Waals surface area contributed by atoms with Crippen molar-refractivity contribution in [2.75, 3.05) is 24.5 Å². The van der Waals surface area contributed by atoms with E-state index in [2.05, 4.69) is 21.5 Å². The minimum atomic E-state index is -3.43. The molecular formula is C19H25N3O2S. The van der Waals surface area contributed by atoms with Crippen LogP contribution in [-0.2, 0) is 16.4 Å². The topological polar surface area (TPSA) is 62.3 Å². The van der Waals surface area contributed by atoms with Crippen molar-refractivity contribution >= 4 is 15.8 Å². The first-order chi connectivity index (χ1) is 12.1. The van der Waals surface area contributed by atoms with Crippen molar-refractivity contribution in [2.45, 2.75) is 31.1 Å². The third kappa shape index (κ3) is 4.58. The smallest absolute Gasteiger partial charge is 0.240 e. The second-order valence-corrected chi connectivity index (χ2v) is 8.23. The summed E-state index contributed by atoms with van der Waals surface area (Å²) in [4.78, 5) is 6.98. The average Bonchev–Trinajstić information content (AvgIpc) is 2.67. The molecule has 0 amide bonds. The Bertz CT molecular complexity index is 768. The first-order valence-corrected chi connectivity index (χ1v) is 10.3. The summed E-state index contributed by atoms with van der Waals surface area (Å²) in [5, 5.41) is 0. The Morgan fingerprint density at radius 2 is 1.84 bits per heavy atom. The fourth-order valence-corrected chi connectivity index (χ4v) is 4.24. The summed E-state index contributed by atoms with van der Waals surface area (Å²) >= 11 is 0. The van der Waals surface area contributed by atoms with Gasteiger partial charge in [0.2, 0.25) is 10.0 Å². The summed E-state index contributed by atoms with van der Waals surface area (Å²) in [5.74, 6) is 1.36. The fraction of sp³-hybridized carbons (Fsp3) is 0.421. The zero-order valence-electron chi connectivity index (χ0n) is 14.6. The van der Waals surface area contributed by atoms with Gasteiger partial charge in [-0.3, -0.25) is 0 Å². The third-order valence-corrected chi connectivity index (χ3v) is 6.23. The minimum absolute atomic E-state index is 0.343. The molecule has 1 aliphatic heterocycles. The molecule has 0 spiro atoms. The van der Waals surface area contributed by atoms with Crippen LogP contribution in [0, 0.1) is 5.92 Å². The highest BCUT2D eigenvalue weighted by molar-refractivity contribution is 7.89. The number of aryl methyl sites for hydroxylation is 1. The van der Waals surface area contributed by atoms with Crippen molar-refractivity contribution in [1.29, 1.82) is 0 Å². The van der Waals surface area contributed by atoms with E-state index in [1.165, 1.54) is 0 Å². The van der Waals surface area contributed by atoms with Gasteiger partial charge in [-0.15, -0.1) is 0 Å². The Balaban J connectivity index is 1.52. The molecule has 6 heteroatoms. The average molecular weight is 359 g/mol. The Labute approximate surface area is 150 Å². The van der Waals surface area contributed by atoms with Gasteiger partial charge in [0.15, 0.2) is 0 Å². The van der Waals surface area contributed by atoms with Gasteiger partial charge in [0.25, 0.3) is 0 Å². The molecular weight excluding hydrogens is 334 g/mol. The molecule has 134 valence electrons. The number of hydrogen-bond acceptors (Lipinski definition) is 4. The molecule has 1 aliphatic rings. The molecule has 25 heavy (non-hydrogen) atoms. The molecule has 2 aromatic rings. The molecule has 3 rings (SSSR count). The summed E-state index contributed by atoms with van der Waals surface area (Å²) < 4.78 is 27.6. The van der Waals surface area contributed by atoms with Crippen molar-refractivity contribution in [3.05, 3.63) is 54.2 Å². The molecule has 1 aromatic heterocycles. The second-order valence-electron chi connectivity index (χ2n) is 6.47. The van der Waals surface area contributed by atoms with Gasteiger partial charge >= 0.3 is 0 Å². The molecule has 0 atom stereocenters. The van der Waals surface area contributed by atoms with E-state index in [1.54, 1.807) is 18.3 Å². The van der Waals surface area contributed by atoms with E-state index in [0.717, 1.165) is 43.7 Å². The number of hydrogen-bond donors (Lipinski definition) is 1. The summed E-state index contributed by atoms with van der Waals surface area (Å²) in [5.41, 5.74) is 1.14. The van der Waals surface area contributed by atoms with E-state index in [4.69, 9.17) is 0 Å². The van der Waals surface area contributed by atoms with Gasteiger partial charge in [-0.1, -0.05) is 25.1 Å². The molecule has 1 fully saturated rings. The predicted octanol–water partition coefficient (Wildman–Crippen LogP) is 2.84. The molecule has 0 saturated carbocycles. The molecule has 1 aromatic carbocycles. The van der Waals surface area contributed by atoms with E-state index in [9.17, 15) is 8.42 Å². The number of rotatable bonds is 6. The van der Waals surface area contributed by atoms with Crippen LogP contribution in [0.2, 0.25) is 0 Å². The molecule has 5 nitrogen and oxygen atoms in total. The highest BCUT2D eigenvalue weighted by atomic mass is 32.2. The predicted molar refractivity (Wildman–Crippen MR) is 100 cm³/mol. The number of anilines is 1. The maximum absolute atomic E-state index is 12.4. The number of nitrogens with zero attached hydrogens (tertiary/aromatic N) is 2. The highest BCUT2D eigenvalue weighted by Crippen LogP contribution is 2.21. The van der Waals surface area contributed by atoms with Crippen molar-refractivity contribution in [1.82, 2.24) is 9.71 Å². The van der Waals surface area contributed by atoms with Crippen LogP contribution in [0.15, 0.2) is 53.6 Å². The number of sulfonamides is 1. The van der Waals surface area contributed by atoms with E-state index in [1.807, 2.05) is 30.3 Å². The van der Waals surface area contributed by atoms with E-state index in [-0.39, 0.29) is 0 Å². The molecule has 0 aliphatic carbocycles. The van der Waals surface area contributed by atoms with Crippen molar-refractivity contribution < 1.29 is 8.42 Å². The second kappa shape index (κ2) is 7.97. The minimum Gasteiger partial charge on any atom is -0.357 e. The van der Waals surface area contributed by atoms with Crippen LogP contribution in [0.4, 0.5) is 5.82 Å². The largest absolute Gasteiger partial charge is 0.357 e. The van der Waals surface area contributed by atoms with Crippen LogP contribution >= 0.6 is 0 Å². The normalized spacial score (nSPS) is 16.1. The lowest BCUT2D eigenvalue weighted by Crippen LogP contribution is -2.39. The van der Waals surface area contributed by atoms with E-state index >= 15 is 0 Å². The van der Waals surface area contributed by atoms with Crippen LogP contribution in [0.5, 0.6) is 0 Å². The van der Waals surface area contributed by atoms with Gasteiger partial charge in [-0.05, 0) is 55.0 Å². The molecule has 1 N–H and O–H groups in total. The number of nitrogens with one attached hydrogen (secondary N) is 1. The lowest BCUT2D eigenvalue weighted by Gasteiger charge is -2.32. The molecule has 0 unspecified atom stereocenters. The lowest BCUT2D eigenvalue weighted by atomic mass is 9.97. The number of aromatic nitrogens is 1. The van der Waals surface area contributed by atoms with Crippen LogP contribution in [0.1, 0.15) is 25.3 Å². The maximum atomic E-state index is 12.4. The Morgan fingerprint density at radius 1 is 1.12 bits per heavy atom. The van der Waals surface area contributed by atoms with Crippen LogP contribution < -0.4 is 9.62 Å². The first kappa shape index (κ1) is 17.9. The summed E-state index contributed by atoms with van der Waals surface area (Å²) in [7, 11) is -3.43. The SMILES string of the molecule is CCc1ccc(S(=O)(=O)NCC2CCN(c3ccccn3)CC2)cc1. The van der Waals surface area contributed by atoms with Gasteiger partial charge in [-0.2, -0.15) is 0 Å². The highest BCUT2D eigenvalue weighted by Gasteiger charge is 2.22. The Morgan fingerprint density at radius 3 is 2.44 bits per heavy atom. The van der Waals surface area contributed by atoms with Gasteiger partial charge < -0.3 is 4.90 Å². The molecule has 0 bridgehead atoms. The van der Waals surface area contributed by atoms with Gasteiger partial charge in [0, 0.05) is 25.8 Å². The number of benzene rings is 1. The number of piperidine rings is 1. The number of pyridine rings is 1. The van der Waals surface area contributed by atoms with Crippen molar-refractivity contribution in [3.8, 4) is 0 Å². The summed E-state index contributed by atoms with van der Waals surface area (Å²) in [6.45, 7) is 4.37. The summed E-state index contributed by atoms with van der Waals surface area (Å²) in [6, 6.07) is 13.0. The van der Waals surface area contributed by atoms with Crippen molar-refractivity contribution in [3.63, 3.8) is 0 Å². The van der Waals surface area contributed by atoms with Crippen molar-refractivity contribution in [2.24, 2.45) is 5.92 Å². The summed E-state index contributed by atoms with van der Waals surface area (Å²) in [6.07, 6.45) is 4.64. The fourth-order valence-electron chi connectivity index (χ4n) is 3.12. The standard InChI is InChI=1S/C19H25N3O2S/c1-2-16-6-8-18(9-7-16)25(23,24)21-15-17-10-13-22(14-11-17)19-5-3-4-12-20-19/h3-9,12,17,21H,2,10-11,13-15H2,1H3. The maximum Gasteiger partial charge on any atom is 0.240 e. The van der Waals surface area contributed by atoms with E-state index in [0.29, 0.717) is 17.4 Å². The van der Waals surface area contributed by atoms with Crippen LogP contribution in [-0.4, -0.2) is 33.0 Å². The quantitative estimate of drug-likeness (QED) is 0.861. The zero-order valence-corrected chi connectivity index (χ0v) is 15.4. The zero-order chi connectivity index (χ0) is 17.7. The third-order valence-electron chi connectivity index (χ3n) is 4.79. The van der Waals surface area contributed by atoms with Gasteiger partial charge in [0.1, 0.15) is 5.82 Å². The van der Waals surface area contributed by atoms with Crippen LogP contribution in [0.3, 0.4) is 0 Å². The Hall–Kier alpha value is -1.92. The lowest BCUT2D eigenvalue weighted by molar-refractivity contribution is 0.400. The Kier molecular flexibility index (Phi) is 5.71. The molecule has 0 radical (unpaired) electrons. The van der Waals surface area contributed by atoms with Gasteiger partial charge in [0.05, 0.1) is 4.90 Å². The monoisotopic (exact) mass is 359 g/mol.